The van der Waals surface area contributed by atoms with Crippen LogP contribution in [0.2, 0.25) is 0 Å². The molecule has 1 aromatic carbocycles. The maximum Gasteiger partial charge on any atom is 0.292 e. The van der Waals surface area contributed by atoms with Gasteiger partial charge in [0.15, 0.2) is 0 Å². The third-order valence-electron chi connectivity index (χ3n) is 2.53. The number of rotatable bonds is 5. The number of furan rings is 1. The molecule has 18 heavy (non-hydrogen) atoms. The van der Waals surface area contributed by atoms with Crippen LogP contribution in [0.25, 0.3) is 0 Å². The van der Waals surface area contributed by atoms with E-state index in [0.29, 0.717) is 18.0 Å². The molecule has 0 bridgehead atoms. The van der Waals surface area contributed by atoms with Crippen molar-refractivity contribution in [1.82, 2.24) is 0 Å². The molecule has 0 saturated carbocycles. The van der Waals surface area contributed by atoms with E-state index < -0.39 is 4.92 Å². The normalized spacial score (nSPS) is 10.3. The number of hydrogen-bond acceptors (Lipinski definition) is 5. The minimum atomic E-state index is -0.427. The Balaban J connectivity index is 2.18. The number of anilines is 1. The largest absolute Gasteiger partial charge is 0.467 e. The third-order valence-corrected chi connectivity index (χ3v) is 2.53. The molecule has 6 nitrogen and oxygen atoms in total. The minimum absolute atomic E-state index is 0.0181. The predicted octanol–water partition coefficient (Wildman–Crippen LogP) is 2.26. The molecule has 0 unspecified atom stereocenters. The van der Waals surface area contributed by atoms with Gasteiger partial charge in [0.2, 0.25) is 0 Å². The first-order valence-corrected chi connectivity index (χ1v) is 5.44. The van der Waals surface area contributed by atoms with E-state index >= 15 is 0 Å². The molecule has 0 aliphatic heterocycles. The van der Waals surface area contributed by atoms with Gasteiger partial charge in [-0.25, -0.2) is 0 Å². The number of hydrogen-bond donors (Lipinski definition) is 2. The van der Waals surface area contributed by atoms with Crippen molar-refractivity contribution in [2.45, 2.75) is 13.1 Å². The van der Waals surface area contributed by atoms with E-state index in [1.54, 1.807) is 30.5 Å². The highest BCUT2D eigenvalue weighted by atomic mass is 16.6. The zero-order valence-corrected chi connectivity index (χ0v) is 9.63. The number of nitro benzene ring substituents is 1. The molecule has 0 spiro atoms. The average molecular weight is 247 g/mol. The van der Waals surface area contributed by atoms with Gasteiger partial charge in [-0.2, -0.15) is 0 Å². The summed E-state index contributed by atoms with van der Waals surface area (Å²) in [6, 6.07) is 8.46. The van der Waals surface area contributed by atoms with E-state index in [4.69, 9.17) is 10.2 Å². The van der Waals surface area contributed by atoms with Crippen LogP contribution in [-0.2, 0) is 13.1 Å². The van der Waals surface area contributed by atoms with Crippen LogP contribution in [0.15, 0.2) is 41.0 Å². The van der Waals surface area contributed by atoms with Crippen LogP contribution >= 0.6 is 0 Å². The summed E-state index contributed by atoms with van der Waals surface area (Å²) < 4.78 is 5.15. The van der Waals surface area contributed by atoms with Crippen molar-refractivity contribution in [3.05, 3.63) is 58.0 Å². The van der Waals surface area contributed by atoms with Crippen molar-refractivity contribution in [1.29, 1.82) is 0 Å². The maximum absolute atomic E-state index is 11.0. The quantitative estimate of drug-likeness (QED) is 0.624. The standard InChI is InChI=1S/C12H13N3O3/c13-7-9-3-4-11(12(6-9)15(16)17)14-8-10-2-1-5-18-10/h1-6,14H,7-8,13H2. The fraction of sp³-hybridized carbons (Fsp3) is 0.167. The van der Waals surface area contributed by atoms with Crippen LogP contribution in [0.3, 0.4) is 0 Å². The molecule has 3 N–H and O–H groups in total. The van der Waals surface area contributed by atoms with Gasteiger partial charge in [-0.1, -0.05) is 6.07 Å². The first-order valence-electron chi connectivity index (χ1n) is 5.44. The second kappa shape index (κ2) is 5.33. The third kappa shape index (κ3) is 2.67. The highest BCUT2D eigenvalue weighted by molar-refractivity contribution is 5.62. The molecule has 0 fully saturated rings. The Kier molecular flexibility index (Phi) is 3.59. The van der Waals surface area contributed by atoms with Crippen molar-refractivity contribution >= 4 is 11.4 Å². The Morgan fingerprint density at radius 2 is 2.22 bits per heavy atom. The van der Waals surface area contributed by atoms with Crippen molar-refractivity contribution in [2.24, 2.45) is 5.73 Å². The zero-order valence-electron chi connectivity index (χ0n) is 9.63. The average Bonchev–Trinajstić information content (AvgIpc) is 2.89. The van der Waals surface area contributed by atoms with Crippen molar-refractivity contribution < 1.29 is 9.34 Å². The van der Waals surface area contributed by atoms with Gasteiger partial charge in [0.05, 0.1) is 17.7 Å². The molecule has 94 valence electrons. The van der Waals surface area contributed by atoms with Gasteiger partial charge in [-0.15, -0.1) is 0 Å². The SMILES string of the molecule is NCc1ccc(NCc2ccco2)c([N+](=O)[O-])c1. The van der Waals surface area contributed by atoms with Crippen LogP contribution in [0.5, 0.6) is 0 Å². The van der Waals surface area contributed by atoms with E-state index in [0.717, 1.165) is 5.56 Å². The number of benzene rings is 1. The Bertz CT molecular complexity index is 538. The van der Waals surface area contributed by atoms with E-state index in [1.807, 2.05) is 0 Å². The number of nitro groups is 1. The summed E-state index contributed by atoms with van der Waals surface area (Å²) in [5.74, 6) is 0.715. The molecule has 0 radical (unpaired) electrons. The summed E-state index contributed by atoms with van der Waals surface area (Å²) in [5, 5.41) is 13.9. The lowest BCUT2D eigenvalue weighted by atomic mass is 10.1. The van der Waals surface area contributed by atoms with Crippen LogP contribution in [0.4, 0.5) is 11.4 Å². The van der Waals surface area contributed by atoms with E-state index in [2.05, 4.69) is 5.32 Å². The smallest absolute Gasteiger partial charge is 0.292 e. The molecule has 1 aromatic heterocycles. The molecular weight excluding hydrogens is 234 g/mol. The summed E-state index contributed by atoms with van der Waals surface area (Å²) >= 11 is 0. The molecule has 0 amide bonds. The second-order valence-corrected chi connectivity index (χ2v) is 3.75. The Labute approximate surface area is 104 Å². The number of nitrogens with zero attached hydrogens (tertiary/aromatic N) is 1. The van der Waals surface area contributed by atoms with Crippen LogP contribution in [0, 0.1) is 10.1 Å². The van der Waals surface area contributed by atoms with Gasteiger partial charge >= 0.3 is 0 Å². The highest BCUT2D eigenvalue weighted by Crippen LogP contribution is 2.26. The molecule has 0 aliphatic rings. The highest BCUT2D eigenvalue weighted by Gasteiger charge is 2.14. The van der Waals surface area contributed by atoms with Gasteiger partial charge < -0.3 is 15.5 Å². The summed E-state index contributed by atoms with van der Waals surface area (Å²) in [7, 11) is 0. The van der Waals surface area contributed by atoms with E-state index in [9.17, 15) is 10.1 Å². The summed E-state index contributed by atoms with van der Waals surface area (Å²) in [5.41, 5.74) is 6.66. The fourth-order valence-electron chi connectivity index (χ4n) is 1.60. The Morgan fingerprint density at radius 1 is 1.39 bits per heavy atom. The van der Waals surface area contributed by atoms with E-state index in [1.165, 1.54) is 6.07 Å². The van der Waals surface area contributed by atoms with Gasteiger partial charge in [0.25, 0.3) is 5.69 Å². The minimum Gasteiger partial charge on any atom is -0.467 e. The summed E-state index contributed by atoms with van der Waals surface area (Å²) in [4.78, 5) is 10.5. The predicted molar refractivity (Wildman–Crippen MR) is 67.0 cm³/mol. The lowest BCUT2D eigenvalue weighted by Gasteiger charge is -2.06. The first-order chi connectivity index (χ1) is 8.70. The van der Waals surface area contributed by atoms with Crippen LogP contribution in [0.1, 0.15) is 11.3 Å². The lowest BCUT2D eigenvalue weighted by molar-refractivity contribution is -0.384. The molecule has 6 heteroatoms. The van der Waals surface area contributed by atoms with Crippen molar-refractivity contribution in [3.8, 4) is 0 Å². The Hall–Kier alpha value is -2.34. The van der Waals surface area contributed by atoms with Crippen molar-refractivity contribution in [3.63, 3.8) is 0 Å². The topological polar surface area (TPSA) is 94.3 Å². The van der Waals surface area contributed by atoms with E-state index in [-0.39, 0.29) is 12.2 Å². The fourth-order valence-corrected chi connectivity index (χ4v) is 1.60. The van der Waals surface area contributed by atoms with Gasteiger partial charge in [-0.05, 0) is 23.8 Å². The van der Waals surface area contributed by atoms with Gasteiger partial charge in [-0.3, -0.25) is 10.1 Å². The lowest BCUT2D eigenvalue weighted by Crippen LogP contribution is -2.04. The van der Waals surface area contributed by atoms with Crippen molar-refractivity contribution in [2.75, 3.05) is 5.32 Å². The maximum atomic E-state index is 11.0. The zero-order chi connectivity index (χ0) is 13.0. The van der Waals surface area contributed by atoms with Crippen LogP contribution < -0.4 is 11.1 Å². The molecule has 0 saturated heterocycles. The molecule has 2 rings (SSSR count). The molecule has 0 atom stereocenters. The second-order valence-electron chi connectivity index (χ2n) is 3.75. The molecule has 2 aromatic rings. The summed E-state index contributed by atoms with van der Waals surface area (Å²) in [6.07, 6.45) is 1.56. The molecular formula is C12H13N3O3. The number of nitrogens with one attached hydrogen (secondary N) is 1. The Morgan fingerprint density at radius 3 is 2.83 bits per heavy atom. The van der Waals surface area contributed by atoms with Crippen LogP contribution in [-0.4, -0.2) is 4.92 Å². The first kappa shape index (κ1) is 12.1. The van der Waals surface area contributed by atoms with Gasteiger partial charge in [0, 0.05) is 12.6 Å². The monoisotopic (exact) mass is 247 g/mol. The molecule has 1 heterocycles. The summed E-state index contributed by atoms with van der Waals surface area (Å²) in [6.45, 7) is 0.676. The molecule has 0 aliphatic carbocycles. The number of nitrogens with two attached hydrogens (primary N) is 1. The van der Waals surface area contributed by atoms with Gasteiger partial charge in [0.1, 0.15) is 11.4 Å².